The molecule has 0 amide bonds. The quantitative estimate of drug-likeness (QED) is 0.530. The Labute approximate surface area is 181 Å². The third kappa shape index (κ3) is 5.64. The van der Waals surface area contributed by atoms with Crippen LogP contribution in [-0.2, 0) is 4.74 Å². The summed E-state index contributed by atoms with van der Waals surface area (Å²) in [4.78, 5) is 13.6. The second-order valence-corrected chi connectivity index (χ2v) is 7.44. The zero-order valence-electron chi connectivity index (χ0n) is 15.8. The van der Waals surface area contributed by atoms with Crippen LogP contribution in [0.5, 0.6) is 11.5 Å². The van der Waals surface area contributed by atoms with Gasteiger partial charge in [-0.15, -0.1) is 13.2 Å². The van der Waals surface area contributed by atoms with Crippen molar-refractivity contribution in [3.63, 3.8) is 0 Å². The summed E-state index contributed by atoms with van der Waals surface area (Å²) in [5.41, 5.74) is 0.978. The van der Waals surface area contributed by atoms with Gasteiger partial charge in [-0.3, -0.25) is 0 Å². The maximum atomic E-state index is 12.4. The van der Waals surface area contributed by atoms with Crippen LogP contribution >= 0.6 is 23.2 Å². The average Bonchev–Trinajstić information content (AvgIpc) is 2.69. The highest BCUT2D eigenvalue weighted by atomic mass is 35.5. The highest BCUT2D eigenvalue weighted by molar-refractivity contribution is 6.32. The minimum absolute atomic E-state index is 0.130. The van der Waals surface area contributed by atoms with Crippen LogP contribution in [0.2, 0.25) is 10.0 Å². The van der Waals surface area contributed by atoms with Gasteiger partial charge in [0.2, 0.25) is 0 Å². The van der Waals surface area contributed by atoms with E-state index in [2.05, 4.69) is 9.47 Å². The van der Waals surface area contributed by atoms with Crippen molar-refractivity contribution < 1.29 is 32.2 Å². The van der Waals surface area contributed by atoms with Crippen molar-refractivity contribution in [1.29, 1.82) is 0 Å². The van der Waals surface area contributed by atoms with Crippen LogP contribution in [0.3, 0.4) is 0 Å². The van der Waals surface area contributed by atoms with Gasteiger partial charge < -0.3 is 19.1 Å². The Balaban J connectivity index is 1.69. The summed E-state index contributed by atoms with van der Waals surface area (Å²) in [5.74, 6) is -0.513. The normalized spacial score (nSPS) is 16.9. The summed E-state index contributed by atoms with van der Waals surface area (Å²) >= 11 is 12.2. The van der Waals surface area contributed by atoms with Gasteiger partial charge in [0.1, 0.15) is 17.6 Å². The number of halogens is 5. The molecule has 0 aromatic heterocycles. The second kappa shape index (κ2) is 9.22. The maximum absolute atomic E-state index is 12.4. The van der Waals surface area contributed by atoms with Crippen molar-refractivity contribution in [3.8, 4) is 11.5 Å². The number of anilines is 1. The number of ether oxygens (including phenoxy) is 3. The number of benzene rings is 2. The van der Waals surface area contributed by atoms with Crippen molar-refractivity contribution in [3.05, 3.63) is 52.0 Å². The number of esters is 1. The first-order valence-electron chi connectivity index (χ1n) is 9.01. The molecule has 0 aliphatic carbocycles. The third-order valence-electron chi connectivity index (χ3n) is 4.53. The lowest BCUT2D eigenvalue weighted by atomic mass is 10.1. The summed E-state index contributed by atoms with van der Waals surface area (Å²) in [6.07, 6.45) is -3.43. The fourth-order valence-corrected chi connectivity index (χ4v) is 3.62. The fourth-order valence-electron chi connectivity index (χ4n) is 3.18. The van der Waals surface area contributed by atoms with Crippen LogP contribution in [0.25, 0.3) is 0 Å². The zero-order valence-corrected chi connectivity index (χ0v) is 17.4. The Bertz CT molecular complexity index is 923. The number of hydrogen-bond donors (Lipinski definition) is 0. The summed E-state index contributed by atoms with van der Waals surface area (Å²) in [6.45, 7) is 1.19. The van der Waals surface area contributed by atoms with E-state index in [4.69, 9.17) is 27.9 Å². The molecule has 0 bridgehead atoms. The highest BCUT2D eigenvalue weighted by Gasteiger charge is 2.32. The maximum Gasteiger partial charge on any atom is 0.573 e. The number of piperidine rings is 1. The lowest BCUT2D eigenvalue weighted by Crippen LogP contribution is -2.41. The Hall–Kier alpha value is -2.32. The molecule has 0 unspecified atom stereocenters. The second-order valence-electron chi connectivity index (χ2n) is 6.63. The minimum Gasteiger partial charge on any atom is -0.487 e. The van der Waals surface area contributed by atoms with E-state index in [1.807, 2.05) is 4.90 Å². The fraction of sp³-hybridized carbons (Fsp3) is 0.350. The first-order chi connectivity index (χ1) is 14.2. The molecule has 1 atom stereocenters. The number of alkyl halides is 3. The average molecular weight is 464 g/mol. The van der Waals surface area contributed by atoms with E-state index in [0.29, 0.717) is 30.1 Å². The molecule has 30 heavy (non-hydrogen) atoms. The lowest BCUT2D eigenvalue weighted by molar-refractivity contribution is -0.274. The lowest BCUT2D eigenvalue weighted by Gasteiger charge is -2.34. The van der Waals surface area contributed by atoms with Crippen LogP contribution in [0.15, 0.2) is 36.4 Å². The molecular formula is C20H18Cl2F3NO4. The van der Waals surface area contributed by atoms with Gasteiger partial charge in [0, 0.05) is 12.2 Å². The third-order valence-corrected chi connectivity index (χ3v) is 5.12. The molecule has 5 nitrogen and oxygen atoms in total. The molecule has 1 heterocycles. The van der Waals surface area contributed by atoms with Gasteiger partial charge in [-0.25, -0.2) is 4.79 Å². The van der Waals surface area contributed by atoms with Crippen molar-refractivity contribution in [1.82, 2.24) is 0 Å². The predicted octanol–water partition coefficient (Wildman–Crippen LogP) is 5.73. The molecule has 0 N–H and O–H groups in total. The number of rotatable bonds is 5. The van der Waals surface area contributed by atoms with Crippen LogP contribution in [0.1, 0.15) is 23.2 Å². The smallest absolute Gasteiger partial charge is 0.487 e. The highest BCUT2D eigenvalue weighted by Crippen LogP contribution is 2.35. The van der Waals surface area contributed by atoms with Crippen molar-refractivity contribution >= 4 is 34.9 Å². The Morgan fingerprint density at radius 1 is 1.10 bits per heavy atom. The number of carbonyl (C=O) groups is 1. The standard InChI is InChI=1S/C20H18Cl2F3NO4/c1-28-19(27)12-4-6-17(15(21)9-12)29-14-3-2-8-26(11-14)13-5-7-18(16(22)10-13)30-20(23,24)25/h4-7,9-10,14H,2-3,8,11H2,1H3/t14-/m1/s1. The van der Waals surface area contributed by atoms with E-state index < -0.39 is 18.1 Å². The van der Waals surface area contributed by atoms with Gasteiger partial charge in [-0.05, 0) is 49.2 Å². The summed E-state index contributed by atoms with van der Waals surface area (Å²) in [5, 5.41) is 0.154. The zero-order chi connectivity index (χ0) is 21.9. The van der Waals surface area contributed by atoms with Crippen molar-refractivity contribution in [2.24, 2.45) is 0 Å². The van der Waals surface area contributed by atoms with Gasteiger partial charge >= 0.3 is 12.3 Å². The SMILES string of the molecule is COC(=O)c1ccc(O[C@@H]2CCCN(c3ccc(OC(F)(F)F)c(Cl)c3)C2)c(Cl)c1. The minimum atomic E-state index is -4.81. The monoisotopic (exact) mass is 463 g/mol. The largest absolute Gasteiger partial charge is 0.573 e. The van der Waals surface area contributed by atoms with Crippen LogP contribution in [0, 0.1) is 0 Å². The molecule has 1 aliphatic heterocycles. The van der Waals surface area contributed by atoms with Gasteiger partial charge in [-0.2, -0.15) is 0 Å². The molecular weight excluding hydrogens is 446 g/mol. The molecule has 10 heteroatoms. The van der Waals surface area contributed by atoms with E-state index in [-0.39, 0.29) is 16.1 Å². The molecule has 1 fully saturated rings. The number of nitrogens with zero attached hydrogens (tertiary/aromatic N) is 1. The number of hydrogen-bond acceptors (Lipinski definition) is 5. The first-order valence-corrected chi connectivity index (χ1v) is 9.76. The van der Waals surface area contributed by atoms with Crippen LogP contribution in [0.4, 0.5) is 18.9 Å². The molecule has 2 aromatic carbocycles. The molecule has 2 aromatic rings. The predicted molar refractivity (Wildman–Crippen MR) is 107 cm³/mol. The van der Waals surface area contributed by atoms with Gasteiger partial charge in [0.15, 0.2) is 0 Å². The van der Waals surface area contributed by atoms with Gasteiger partial charge in [0.25, 0.3) is 0 Å². The van der Waals surface area contributed by atoms with Crippen molar-refractivity contribution in [2.75, 3.05) is 25.1 Å². The molecule has 1 aliphatic rings. The van der Waals surface area contributed by atoms with Crippen LogP contribution < -0.4 is 14.4 Å². The topological polar surface area (TPSA) is 48.0 Å². The summed E-state index contributed by atoms with van der Waals surface area (Å²) in [6, 6.07) is 8.79. The van der Waals surface area contributed by atoms with Gasteiger partial charge in [0.05, 0.1) is 29.3 Å². The van der Waals surface area contributed by atoms with Gasteiger partial charge in [-0.1, -0.05) is 23.2 Å². The van der Waals surface area contributed by atoms with E-state index in [1.54, 1.807) is 12.1 Å². The number of carbonyl (C=O) groups excluding carboxylic acids is 1. The molecule has 0 spiro atoms. The molecule has 3 rings (SSSR count). The Morgan fingerprint density at radius 3 is 2.43 bits per heavy atom. The Morgan fingerprint density at radius 2 is 1.80 bits per heavy atom. The van der Waals surface area contributed by atoms with Crippen molar-refractivity contribution in [2.45, 2.75) is 25.3 Å². The molecule has 0 radical (unpaired) electrons. The Kier molecular flexibility index (Phi) is 6.88. The van der Waals surface area contributed by atoms with E-state index in [0.717, 1.165) is 12.8 Å². The molecule has 1 saturated heterocycles. The summed E-state index contributed by atoms with van der Waals surface area (Å²) < 4.78 is 51.8. The van der Waals surface area contributed by atoms with E-state index >= 15 is 0 Å². The van der Waals surface area contributed by atoms with E-state index in [1.165, 1.54) is 31.4 Å². The molecule has 0 saturated carbocycles. The molecule has 162 valence electrons. The first kappa shape index (κ1) is 22.4. The van der Waals surface area contributed by atoms with E-state index in [9.17, 15) is 18.0 Å². The number of methoxy groups -OCH3 is 1. The van der Waals surface area contributed by atoms with Crippen LogP contribution in [-0.4, -0.2) is 38.6 Å². The summed E-state index contributed by atoms with van der Waals surface area (Å²) in [7, 11) is 1.28.